The number of carbonyl (C=O) groups excluding carboxylic acids is 2. The van der Waals surface area contributed by atoms with Crippen LogP contribution in [0.4, 0.5) is 13.2 Å². The van der Waals surface area contributed by atoms with E-state index < -0.39 is 29.2 Å². The standard InChI is InChI=1S/C16H30O2.C10H7F3O2/c1-4-5-6-7-8-9-10-11-12-13-14-18-16(17)15(2)3;1-5(2)10(14)15-9-7(12)3-6(11)4-8(9)13/h2,4-14H2,1,3H3;3-4H,1H2,2H3. The number of halogens is 3. The molecule has 0 spiro atoms. The summed E-state index contributed by atoms with van der Waals surface area (Å²) >= 11 is 0. The van der Waals surface area contributed by atoms with Crippen LogP contribution in [-0.4, -0.2) is 18.5 Å². The summed E-state index contributed by atoms with van der Waals surface area (Å²) in [5, 5.41) is 0. The van der Waals surface area contributed by atoms with Crippen LogP contribution in [0.3, 0.4) is 0 Å². The van der Waals surface area contributed by atoms with Gasteiger partial charge in [0.05, 0.1) is 6.61 Å². The Morgan fingerprint density at radius 2 is 1.18 bits per heavy atom. The molecular weight excluding hydrogens is 433 g/mol. The van der Waals surface area contributed by atoms with Crippen molar-refractivity contribution in [1.82, 2.24) is 0 Å². The topological polar surface area (TPSA) is 52.6 Å². The van der Waals surface area contributed by atoms with Crippen LogP contribution >= 0.6 is 0 Å². The molecule has 0 saturated carbocycles. The second-order valence-electron chi connectivity index (χ2n) is 7.97. The van der Waals surface area contributed by atoms with Crippen LogP contribution in [0.15, 0.2) is 36.4 Å². The molecule has 0 radical (unpaired) electrons. The van der Waals surface area contributed by atoms with Gasteiger partial charge in [0, 0.05) is 23.3 Å². The minimum absolute atomic E-state index is 0.0156. The fourth-order valence-corrected chi connectivity index (χ4v) is 2.68. The molecule has 186 valence electrons. The van der Waals surface area contributed by atoms with E-state index in [2.05, 4.69) is 24.8 Å². The quantitative estimate of drug-likeness (QED) is 0.121. The second-order valence-corrected chi connectivity index (χ2v) is 7.97. The smallest absolute Gasteiger partial charge is 0.338 e. The molecule has 1 aromatic carbocycles. The Hall–Kier alpha value is -2.57. The molecular formula is C26H37F3O4. The summed E-state index contributed by atoms with van der Waals surface area (Å²) in [4.78, 5) is 22.0. The van der Waals surface area contributed by atoms with E-state index in [0.29, 0.717) is 24.3 Å². The maximum atomic E-state index is 12.9. The zero-order valence-corrected chi connectivity index (χ0v) is 20.1. The van der Waals surface area contributed by atoms with Crippen LogP contribution in [0.2, 0.25) is 0 Å². The normalized spacial score (nSPS) is 10.1. The van der Waals surface area contributed by atoms with E-state index in [9.17, 15) is 22.8 Å². The van der Waals surface area contributed by atoms with Crippen LogP contribution in [0.1, 0.15) is 85.0 Å². The van der Waals surface area contributed by atoms with Gasteiger partial charge in [0.2, 0.25) is 5.75 Å². The number of ether oxygens (including phenoxy) is 2. The number of unbranched alkanes of at least 4 members (excludes halogenated alkanes) is 9. The van der Waals surface area contributed by atoms with Gasteiger partial charge in [-0.25, -0.2) is 22.8 Å². The van der Waals surface area contributed by atoms with Crippen molar-refractivity contribution in [3.63, 3.8) is 0 Å². The highest BCUT2D eigenvalue weighted by Crippen LogP contribution is 2.23. The van der Waals surface area contributed by atoms with Crippen LogP contribution < -0.4 is 4.74 Å². The van der Waals surface area contributed by atoms with Gasteiger partial charge in [0.15, 0.2) is 11.6 Å². The fourth-order valence-electron chi connectivity index (χ4n) is 2.68. The second kappa shape index (κ2) is 17.9. The molecule has 0 unspecified atom stereocenters. The molecule has 0 atom stereocenters. The molecule has 0 fully saturated rings. The summed E-state index contributed by atoms with van der Waals surface area (Å²) in [5.74, 6) is -5.79. The van der Waals surface area contributed by atoms with Crippen molar-refractivity contribution in [3.05, 3.63) is 53.9 Å². The van der Waals surface area contributed by atoms with Crippen molar-refractivity contribution in [2.24, 2.45) is 0 Å². The van der Waals surface area contributed by atoms with Crippen molar-refractivity contribution in [3.8, 4) is 5.75 Å². The van der Waals surface area contributed by atoms with E-state index in [1.165, 1.54) is 64.7 Å². The van der Waals surface area contributed by atoms with Gasteiger partial charge < -0.3 is 9.47 Å². The maximum Gasteiger partial charge on any atom is 0.338 e. The van der Waals surface area contributed by atoms with Crippen LogP contribution in [-0.2, 0) is 14.3 Å². The summed E-state index contributed by atoms with van der Waals surface area (Å²) in [7, 11) is 0. The summed E-state index contributed by atoms with van der Waals surface area (Å²) in [5.41, 5.74) is 0.472. The van der Waals surface area contributed by atoms with E-state index in [1.807, 2.05) is 0 Å². The number of esters is 2. The molecule has 33 heavy (non-hydrogen) atoms. The number of carbonyl (C=O) groups is 2. The van der Waals surface area contributed by atoms with Gasteiger partial charge in [-0.15, -0.1) is 0 Å². The summed E-state index contributed by atoms with van der Waals surface area (Å²) in [6.07, 6.45) is 13.0. The molecule has 0 aliphatic carbocycles. The Kier molecular flexibility index (Phi) is 16.5. The third kappa shape index (κ3) is 15.0. The lowest BCUT2D eigenvalue weighted by Crippen LogP contribution is -2.10. The van der Waals surface area contributed by atoms with Gasteiger partial charge in [-0.3, -0.25) is 0 Å². The Bertz CT molecular complexity index is 752. The monoisotopic (exact) mass is 470 g/mol. The first-order valence-electron chi connectivity index (χ1n) is 11.4. The van der Waals surface area contributed by atoms with Crippen molar-refractivity contribution < 1.29 is 32.2 Å². The van der Waals surface area contributed by atoms with Gasteiger partial charge in [-0.1, -0.05) is 77.9 Å². The first-order chi connectivity index (χ1) is 15.6. The number of hydrogen-bond donors (Lipinski definition) is 0. The van der Waals surface area contributed by atoms with E-state index >= 15 is 0 Å². The SMILES string of the molecule is C=C(C)C(=O)OCCCCCCCCCCCC.C=C(C)C(=O)Oc1c(F)cc(F)cc1F. The average Bonchev–Trinajstić information content (AvgIpc) is 2.74. The molecule has 0 amide bonds. The van der Waals surface area contributed by atoms with E-state index in [-0.39, 0.29) is 11.5 Å². The molecule has 4 nitrogen and oxygen atoms in total. The van der Waals surface area contributed by atoms with E-state index in [4.69, 9.17) is 4.74 Å². The van der Waals surface area contributed by atoms with Gasteiger partial charge in [-0.2, -0.15) is 0 Å². The van der Waals surface area contributed by atoms with Gasteiger partial charge in [-0.05, 0) is 20.3 Å². The Morgan fingerprint density at radius 3 is 1.61 bits per heavy atom. The average molecular weight is 471 g/mol. The first-order valence-corrected chi connectivity index (χ1v) is 11.4. The van der Waals surface area contributed by atoms with Crippen molar-refractivity contribution in [2.45, 2.75) is 85.0 Å². The summed E-state index contributed by atoms with van der Waals surface area (Å²) < 4.78 is 47.7. The van der Waals surface area contributed by atoms with Crippen molar-refractivity contribution in [1.29, 1.82) is 0 Å². The number of hydrogen-bond acceptors (Lipinski definition) is 4. The lowest BCUT2D eigenvalue weighted by atomic mass is 10.1. The molecule has 1 aromatic rings. The Morgan fingerprint density at radius 1 is 0.758 bits per heavy atom. The van der Waals surface area contributed by atoms with Crippen molar-refractivity contribution in [2.75, 3.05) is 6.61 Å². The lowest BCUT2D eigenvalue weighted by molar-refractivity contribution is -0.139. The van der Waals surface area contributed by atoms with E-state index in [0.717, 1.165) is 6.42 Å². The third-order valence-electron chi connectivity index (χ3n) is 4.59. The van der Waals surface area contributed by atoms with Crippen molar-refractivity contribution >= 4 is 11.9 Å². The highest BCUT2D eigenvalue weighted by molar-refractivity contribution is 5.88. The Balaban J connectivity index is 0.000000629. The van der Waals surface area contributed by atoms with Gasteiger partial charge >= 0.3 is 11.9 Å². The predicted molar refractivity (Wildman–Crippen MR) is 124 cm³/mol. The van der Waals surface area contributed by atoms with Crippen LogP contribution in [0, 0.1) is 17.5 Å². The molecule has 0 bridgehead atoms. The third-order valence-corrected chi connectivity index (χ3v) is 4.59. The van der Waals surface area contributed by atoms with E-state index in [1.54, 1.807) is 6.92 Å². The summed E-state index contributed by atoms with van der Waals surface area (Å²) in [6.45, 7) is 12.6. The summed E-state index contributed by atoms with van der Waals surface area (Å²) in [6, 6.07) is 0.841. The van der Waals surface area contributed by atoms with Crippen LogP contribution in [0.5, 0.6) is 5.75 Å². The zero-order chi connectivity index (χ0) is 25.2. The zero-order valence-electron chi connectivity index (χ0n) is 20.1. The number of benzene rings is 1. The molecule has 0 aliphatic rings. The molecule has 1 rings (SSSR count). The molecule has 0 aliphatic heterocycles. The minimum Gasteiger partial charge on any atom is -0.462 e. The van der Waals surface area contributed by atoms with Crippen LogP contribution in [0.25, 0.3) is 0 Å². The Labute approximate surface area is 195 Å². The minimum atomic E-state index is -1.28. The largest absolute Gasteiger partial charge is 0.462 e. The van der Waals surface area contributed by atoms with Gasteiger partial charge in [0.1, 0.15) is 5.82 Å². The molecule has 0 N–H and O–H groups in total. The predicted octanol–water partition coefficient (Wildman–Crippen LogP) is 7.61. The highest BCUT2D eigenvalue weighted by atomic mass is 19.1. The molecule has 7 heteroatoms. The first kappa shape index (κ1) is 30.4. The molecule has 0 aromatic heterocycles. The molecule has 0 heterocycles. The lowest BCUT2D eigenvalue weighted by Gasteiger charge is -2.05. The van der Waals surface area contributed by atoms with Gasteiger partial charge in [0.25, 0.3) is 0 Å². The highest BCUT2D eigenvalue weighted by Gasteiger charge is 2.16. The fraction of sp³-hybridized carbons (Fsp3) is 0.538. The number of rotatable bonds is 14. The molecule has 0 saturated heterocycles. The maximum absolute atomic E-state index is 12.9.